The van der Waals surface area contributed by atoms with E-state index in [0.717, 1.165) is 11.3 Å². The molecule has 0 amide bonds. The molecule has 1 unspecified atom stereocenters. The smallest absolute Gasteiger partial charge is 0.321 e. The maximum Gasteiger partial charge on any atom is 0.321 e. The lowest BCUT2D eigenvalue weighted by atomic mass is 9.89. The predicted octanol–water partition coefficient (Wildman–Crippen LogP) is 4.90. The molecule has 22 heavy (non-hydrogen) atoms. The molecular formula is C18H19BrO3. The topological polar surface area (TPSA) is 46.5 Å². The van der Waals surface area contributed by atoms with Crippen LogP contribution in [0.15, 0.2) is 54.6 Å². The number of hydrogen-bond donors (Lipinski definition) is 1. The molecule has 0 spiro atoms. The third kappa shape index (κ3) is 3.89. The average Bonchev–Trinajstić information content (AvgIpc) is 2.48. The molecule has 116 valence electrons. The van der Waals surface area contributed by atoms with Gasteiger partial charge in [0.2, 0.25) is 0 Å². The van der Waals surface area contributed by atoms with Crippen LogP contribution < -0.4 is 4.74 Å². The number of carbonyl (C=O) groups is 1. The first-order chi connectivity index (χ1) is 10.4. The summed E-state index contributed by atoms with van der Waals surface area (Å²) in [6.07, 6.45) is 0.395. The number of carboxylic acid groups (broad SMARTS) is 1. The van der Waals surface area contributed by atoms with Crippen molar-refractivity contribution in [3.8, 4) is 11.5 Å². The first kappa shape index (κ1) is 16.6. The highest BCUT2D eigenvalue weighted by molar-refractivity contribution is 9.10. The van der Waals surface area contributed by atoms with Gasteiger partial charge >= 0.3 is 5.97 Å². The van der Waals surface area contributed by atoms with Gasteiger partial charge in [-0.1, -0.05) is 60.1 Å². The van der Waals surface area contributed by atoms with Crippen molar-refractivity contribution < 1.29 is 14.6 Å². The lowest BCUT2D eigenvalue weighted by Crippen LogP contribution is -2.39. The second-order valence-electron chi connectivity index (χ2n) is 5.56. The number of ether oxygens (including phenoxy) is 1. The lowest BCUT2D eigenvalue weighted by molar-refractivity contribution is -0.140. The van der Waals surface area contributed by atoms with Crippen LogP contribution in [-0.2, 0) is 11.2 Å². The molecule has 0 aromatic heterocycles. The first-order valence-corrected chi connectivity index (χ1v) is 7.95. The molecule has 0 bridgehead atoms. The van der Waals surface area contributed by atoms with Crippen LogP contribution in [0.25, 0.3) is 0 Å². The summed E-state index contributed by atoms with van der Waals surface area (Å²) in [5, 5.41) is 9.49. The SMILES string of the molecule is CC(C)C(Br)(Cc1cccc(Oc2ccccc2)c1)C(=O)O. The highest BCUT2D eigenvalue weighted by Gasteiger charge is 2.39. The summed E-state index contributed by atoms with van der Waals surface area (Å²) in [6, 6.07) is 17.1. The minimum Gasteiger partial charge on any atom is -0.480 e. The minimum atomic E-state index is -0.974. The van der Waals surface area contributed by atoms with E-state index in [9.17, 15) is 9.90 Å². The number of benzene rings is 2. The molecule has 2 aromatic rings. The van der Waals surface area contributed by atoms with Crippen molar-refractivity contribution in [3.05, 3.63) is 60.2 Å². The number of aliphatic carboxylic acids is 1. The van der Waals surface area contributed by atoms with Crippen molar-refractivity contribution in [1.82, 2.24) is 0 Å². The summed E-state index contributed by atoms with van der Waals surface area (Å²) >= 11 is 3.40. The maximum absolute atomic E-state index is 11.6. The third-order valence-corrected chi connectivity index (χ3v) is 5.14. The Balaban J connectivity index is 2.20. The van der Waals surface area contributed by atoms with Gasteiger partial charge < -0.3 is 9.84 Å². The Labute approximate surface area is 139 Å². The zero-order chi connectivity index (χ0) is 16.2. The van der Waals surface area contributed by atoms with Gasteiger partial charge in [0.25, 0.3) is 0 Å². The zero-order valence-electron chi connectivity index (χ0n) is 12.6. The highest BCUT2D eigenvalue weighted by Crippen LogP contribution is 2.33. The molecule has 4 heteroatoms. The fourth-order valence-electron chi connectivity index (χ4n) is 2.17. The number of rotatable bonds is 6. The highest BCUT2D eigenvalue weighted by atomic mass is 79.9. The second-order valence-corrected chi connectivity index (χ2v) is 6.98. The summed E-state index contributed by atoms with van der Waals surface area (Å²) in [5.41, 5.74) is 0.918. The van der Waals surface area contributed by atoms with E-state index in [2.05, 4.69) is 15.9 Å². The van der Waals surface area contributed by atoms with Crippen LogP contribution in [0, 0.1) is 5.92 Å². The number of halogens is 1. The van der Waals surface area contributed by atoms with Crippen LogP contribution in [-0.4, -0.2) is 15.4 Å². The standard InChI is InChI=1S/C18H19BrO3/c1-13(2)18(19,17(20)21)12-14-7-6-10-16(11-14)22-15-8-4-3-5-9-15/h3-11,13H,12H2,1-2H3,(H,20,21). The van der Waals surface area contributed by atoms with E-state index in [4.69, 9.17) is 4.74 Å². The van der Waals surface area contributed by atoms with Crippen LogP contribution in [0.4, 0.5) is 0 Å². The molecule has 1 N–H and O–H groups in total. The Morgan fingerprint density at radius 3 is 2.36 bits per heavy atom. The summed E-state index contributed by atoms with van der Waals surface area (Å²) in [4.78, 5) is 11.6. The van der Waals surface area contributed by atoms with Gasteiger partial charge in [-0.25, -0.2) is 0 Å². The van der Waals surface area contributed by atoms with Gasteiger partial charge in [0, 0.05) is 0 Å². The van der Waals surface area contributed by atoms with Crippen LogP contribution in [0.2, 0.25) is 0 Å². The third-order valence-electron chi connectivity index (χ3n) is 3.61. The fourth-order valence-corrected chi connectivity index (χ4v) is 2.49. The normalized spacial score (nSPS) is 13.6. The van der Waals surface area contributed by atoms with Crippen molar-refractivity contribution in [2.75, 3.05) is 0 Å². The molecule has 3 nitrogen and oxygen atoms in total. The Morgan fingerprint density at radius 2 is 1.77 bits per heavy atom. The predicted molar refractivity (Wildman–Crippen MR) is 90.8 cm³/mol. The van der Waals surface area contributed by atoms with Crippen molar-refractivity contribution in [2.24, 2.45) is 5.92 Å². The van der Waals surface area contributed by atoms with E-state index in [1.165, 1.54) is 0 Å². The number of para-hydroxylation sites is 1. The molecule has 2 rings (SSSR count). The Morgan fingerprint density at radius 1 is 1.14 bits per heavy atom. The van der Waals surface area contributed by atoms with Crippen LogP contribution >= 0.6 is 15.9 Å². The van der Waals surface area contributed by atoms with Crippen molar-refractivity contribution in [3.63, 3.8) is 0 Å². The van der Waals surface area contributed by atoms with Crippen molar-refractivity contribution in [2.45, 2.75) is 24.6 Å². The van der Waals surface area contributed by atoms with Crippen LogP contribution in [0.5, 0.6) is 11.5 Å². The van der Waals surface area contributed by atoms with E-state index in [1.54, 1.807) is 0 Å². The Kier molecular flexibility index (Phi) is 5.24. The lowest BCUT2D eigenvalue weighted by Gasteiger charge is -2.27. The first-order valence-electron chi connectivity index (χ1n) is 7.16. The molecule has 1 atom stereocenters. The van der Waals surface area contributed by atoms with E-state index in [1.807, 2.05) is 68.4 Å². The molecule has 0 saturated heterocycles. The van der Waals surface area contributed by atoms with Crippen LogP contribution in [0.3, 0.4) is 0 Å². The van der Waals surface area contributed by atoms with Gasteiger partial charge in [0.05, 0.1) is 0 Å². The molecular weight excluding hydrogens is 344 g/mol. The van der Waals surface area contributed by atoms with Crippen molar-refractivity contribution >= 4 is 21.9 Å². The van der Waals surface area contributed by atoms with Crippen molar-refractivity contribution in [1.29, 1.82) is 0 Å². The van der Waals surface area contributed by atoms with E-state index < -0.39 is 10.3 Å². The van der Waals surface area contributed by atoms with Gasteiger partial charge in [0.15, 0.2) is 0 Å². The Bertz CT molecular complexity index is 640. The molecule has 0 fully saturated rings. The zero-order valence-corrected chi connectivity index (χ0v) is 14.2. The largest absolute Gasteiger partial charge is 0.480 e. The number of carboxylic acids is 1. The van der Waals surface area contributed by atoms with Gasteiger partial charge in [-0.2, -0.15) is 0 Å². The number of hydrogen-bond acceptors (Lipinski definition) is 2. The molecule has 0 heterocycles. The van der Waals surface area contributed by atoms with Gasteiger partial charge in [-0.3, -0.25) is 4.79 Å². The molecule has 0 aliphatic rings. The summed E-state index contributed by atoms with van der Waals surface area (Å²) in [5.74, 6) is 0.570. The Hall–Kier alpha value is -1.81. The fraction of sp³-hybridized carbons (Fsp3) is 0.278. The van der Waals surface area contributed by atoms with Gasteiger partial charge in [0.1, 0.15) is 15.8 Å². The second kappa shape index (κ2) is 6.97. The summed E-state index contributed by atoms with van der Waals surface area (Å²) < 4.78 is 4.82. The minimum absolute atomic E-state index is 0.0382. The van der Waals surface area contributed by atoms with E-state index in [0.29, 0.717) is 12.2 Å². The van der Waals surface area contributed by atoms with E-state index >= 15 is 0 Å². The molecule has 0 aliphatic heterocycles. The van der Waals surface area contributed by atoms with Gasteiger partial charge in [-0.05, 0) is 42.2 Å². The van der Waals surface area contributed by atoms with E-state index in [-0.39, 0.29) is 5.92 Å². The maximum atomic E-state index is 11.6. The monoisotopic (exact) mass is 362 g/mol. The van der Waals surface area contributed by atoms with Gasteiger partial charge in [-0.15, -0.1) is 0 Å². The summed E-state index contributed by atoms with van der Waals surface area (Å²) in [7, 11) is 0. The molecule has 0 saturated carbocycles. The average molecular weight is 363 g/mol. The summed E-state index contributed by atoms with van der Waals surface area (Å²) in [6.45, 7) is 3.79. The number of alkyl halides is 1. The molecule has 0 aliphatic carbocycles. The molecule has 2 aromatic carbocycles. The van der Waals surface area contributed by atoms with Crippen LogP contribution in [0.1, 0.15) is 19.4 Å². The quantitative estimate of drug-likeness (QED) is 0.743. The molecule has 0 radical (unpaired) electrons.